The maximum atomic E-state index is 5.82. The molecule has 1 heterocycles. The molecule has 2 rings (SSSR count). The highest BCUT2D eigenvalue weighted by Gasteiger charge is 2.17. The summed E-state index contributed by atoms with van der Waals surface area (Å²) < 4.78 is 0. The van der Waals surface area contributed by atoms with E-state index in [1.54, 1.807) is 11.3 Å². The monoisotopic (exact) mass is 294 g/mol. The predicted molar refractivity (Wildman–Crippen MR) is 82.6 cm³/mol. The average Bonchev–Trinajstić information content (AvgIpc) is 2.94. The molecule has 2 aromatic rings. The Bertz CT molecular complexity index is 498. The van der Waals surface area contributed by atoms with Crippen LogP contribution in [0.15, 0.2) is 35.7 Å². The molecule has 2 nitrogen and oxygen atoms in total. The van der Waals surface area contributed by atoms with Crippen LogP contribution in [0.25, 0.3) is 0 Å². The Kier molecular flexibility index (Phi) is 5.37. The van der Waals surface area contributed by atoms with Gasteiger partial charge in [0.25, 0.3) is 0 Å². The van der Waals surface area contributed by atoms with E-state index in [4.69, 9.17) is 11.6 Å². The van der Waals surface area contributed by atoms with Crippen LogP contribution in [-0.4, -0.2) is 16.4 Å². The van der Waals surface area contributed by atoms with E-state index in [0.29, 0.717) is 11.9 Å². The molecule has 19 heavy (non-hydrogen) atoms. The first-order chi connectivity index (χ1) is 9.24. The van der Waals surface area contributed by atoms with Crippen molar-refractivity contribution in [1.82, 2.24) is 9.88 Å². The van der Waals surface area contributed by atoms with E-state index in [0.717, 1.165) is 23.8 Å². The van der Waals surface area contributed by atoms with Crippen molar-refractivity contribution in [3.8, 4) is 0 Å². The van der Waals surface area contributed by atoms with Gasteiger partial charge in [-0.3, -0.25) is 4.90 Å². The molecular formula is C15H19ClN2S. The summed E-state index contributed by atoms with van der Waals surface area (Å²) in [6.45, 7) is 6.36. The molecule has 1 aromatic carbocycles. The van der Waals surface area contributed by atoms with Gasteiger partial charge in [0.15, 0.2) is 0 Å². The molecule has 0 saturated carbocycles. The molecule has 4 heteroatoms. The molecule has 1 unspecified atom stereocenters. The zero-order valence-electron chi connectivity index (χ0n) is 11.3. The Morgan fingerprint density at radius 1 is 1.32 bits per heavy atom. The van der Waals surface area contributed by atoms with E-state index >= 15 is 0 Å². The van der Waals surface area contributed by atoms with E-state index in [1.807, 2.05) is 0 Å². The Balaban J connectivity index is 2.08. The first kappa shape index (κ1) is 14.5. The van der Waals surface area contributed by atoms with Crippen molar-refractivity contribution in [3.05, 3.63) is 52.0 Å². The number of aromatic nitrogens is 1. The van der Waals surface area contributed by atoms with Gasteiger partial charge in [-0.05, 0) is 19.0 Å². The summed E-state index contributed by atoms with van der Waals surface area (Å²) in [6.07, 6.45) is 0. The van der Waals surface area contributed by atoms with Gasteiger partial charge in [0.1, 0.15) is 5.01 Å². The second-order valence-corrected chi connectivity index (χ2v) is 5.69. The van der Waals surface area contributed by atoms with Crippen molar-refractivity contribution < 1.29 is 0 Å². The molecule has 1 aromatic heterocycles. The fourth-order valence-corrected chi connectivity index (χ4v) is 3.21. The highest BCUT2D eigenvalue weighted by atomic mass is 35.5. The van der Waals surface area contributed by atoms with Crippen LogP contribution in [0.5, 0.6) is 0 Å². The summed E-state index contributed by atoms with van der Waals surface area (Å²) in [6, 6.07) is 10.9. The van der Waals surface area contributed by atoms with E-state index in [9.17, 15) is 0 Å². The molecule has 0 saturated heterocycles. The molecule has 0 spiro atoms. The van der Waals surface area contributed by atoms with Crippen molar-refractivity contribution in [3.63, 3.8) is 0 Å². The number of nitrogens with zero attached hydrogens (tertiary/aromatic N) is 2. The minimum absolute atomic E-state index is 0.326. The SMILES string of the molecule is CCN(Cc1ccccc1)C(C)c1nc(CCl)cs1. The highest BCUT2D eigenvalue weighted by Crippen LogP contribution is 2.25. The van der Waals surface area contributed by atoms with Gasteiger partial charge in [-0.1, -0.05) is 37.3 Å². The van der Waals surface area contributed by atoms with E-state index < -0.39 is 0 Å². The van der Waals surface area contributed by atoms with Gasteiger partial charge in [0, 0.05) is 11.9 Å². The van der Waals surface area contributed by atoms with Crippen molar-refractivity contribution in [1.29, 1.82) is 0 Å². The second kappa shape index (κ2) is 7.04. The molecule has 0 N–H and O–H groups in total. The second-order valence-electron chi connectivity index (χ2n) is 4.54. The fraction of sp³-hybridized carbons (Fsp3) is 0.400. The molecule has 0 radical (unpaired) electrons. The minimum atomic E-state index is 0.326. The average molecular weight is 295 g/mol. The normalized spacial score (nSPS) is 12.8. The molecule has 0 aliphatic carbocycles. The number of halogens is 1. The number of hydrogen-bond acceptors (Lipinski definition) is 3. The van der Waals surface area contributed by atoms with Gasteiger partial charge in [0.2, 0.25) is 0 Å². The van der Waals surface area contributed by atoms with Crippen LogP contribution < -0.4 is 0 Å². The Morgan fingerprint density at radius 3 is 2.63 bits per heavy atom. The summed E-state index contributed by atoms with van der Waals surface area (Å²) >= 11 is 7.52. The molecule has 0 amide bonds. The Hall–Kier alpha value is -0.900. The zero-order chi connectivity index (χ0) is 13.7. The summed E-state index contributed by atoms with van der Waals surface area (Å²) in [7, 11) is 0. The van der Waals surface area contributed by atoms with Gasteiger partial charge < -0.3 is 0 Å². The molecule has 0 aliphatic rings. The molecular weight excluding hydrogens is 276 g/mol. The molecule has 0 fully saturated rings. The van der Waals surface area contributed by atoms with Crippen molar-refractivity contribution in [2.45, 2.75) is 32.3 Å². The zero-order valence-corrected chi connectivity index (χ0v) is 12.9. The smallest absolute Gasteiger partial charge is 0.110 e. The largest absolute Gasteiger partial charge is 0.290 e. The lowest BCUT2D eigenvalue weighted by Crippen LogP contribution is -2.26. The Labute approximate surface area is 124 Å². The fourth-order valence-electron chi connectivity index (χ4n) is 2.07. The van der Waals surface area contributed by atoms with Gasteiger partial charge in [0.05, 0.1) is 17.6 Å². The first-order valence-electron chi connectivity index (χ1n) is 6.52. The molecule has 1 atom stereocenters. The van der Waals surface area contributed by atoms with Gasteiger partial charge in [-0.2, -0.15) is 0 Å². The van der Waals surface area contributed by atoms with Gasteiger partial charge >= 0.3 is 0 Å². The third-order valence-electron chi connectivity index (χ3n) is 3.25. The van der Waals surface area contributed by atoms with Crippen molar-refractivity contribution in [2.24, 2.45) is 0 Å². The van der Waals surface area contributed by atoms with Crippen LogP contribution in [0.1, 0.15) is 36.2 Å². The lowest BCUT2D eigenvalue weighted by Gasteiger charge is -2.26. The number of alkyl halides is 1. The van der Waals surface area contributed by atoms with E-state index in [-0.39, 0.29) is 0 Å². The summed E-state index contributed by atoms with van der Waals surface area (Å²) in [5.41, 5.74) is 2.31. The first-order valence-corrected chi connectivity index (χ1v) is 7.94. The Morgan fingerprint density at radius 2 is 2.05 bits per heavy atom. The van der Waals surface area contributed by atoms with Crippen LogP contribution in [0.3, 0.4) is 0 Å². The quantitative estimate of drug-likeness (QED) is 0.731. The van der Waals surface area contributed by atoms with Crippen molar-refractivity contribution in [2.75, 3.05) is 6.54 Å². The molecule has 0 aliphatic heterocycles. The number of thiazole rings is 1. The number of hydrogen-bond donors (Lipinski definition) is 0. The molecule has 102 valence electrons. The van der Waals surface area contributed by atoms with E-state index in [1.165, 1.54) is 5.56 Å². The van der Waals surface area contributed by atoms with Crippen LogP contribution in [0.2, 0.25) is 0 Å². The number of benzene rings is 1. The van der Waals surface area contributed by atoms with Crippen molar-refractivity contribution >= 4 is 22.9 Å². The lowest BCUT2D eigenvalue weighted by molar-refractivity contribution is 0.212. The van der Waals surface area contributed by atoms with Crippen LogP contribution in [-0.2, 0) is 12.4 Å². The van der Waals surface area contributed by atoms with Gasteiger partial charge in [-0.15, -0.1) is 22.9 Å². The topological polar surface area (TPSA) is 16.1 Å². The minimum Gasteiger partial charge on any atom is -0.290 e. The van der Waals surface area contributed by atoms with Gasteiger partial charge in [-0.25, -0.2) is 4.98 Å². The summed E-state index contributed by atoms with van der Waals surface area (Å²) in [5.74, 6) is 0.494. The maximum Gasteiger partial charge on any atom is 0.110 e. The van der Waals surface area contributed by atoms with Crippen LogP contribution in [0, 0.1) is 0 Å². The standard InChI is InChI=1S/C15H19ClN2S/c1-3-18(10-13-7-5-4-6-8-13)12(2)15-17-14(9-16)11-19-15/h4-8,11-12H,3,9-10H2,1-2H3. The molecule has 0 bridgehead atoms. The third kappa shape index (κ3) is 3.78. The third-order valence-corrected chi connectivity index (χ3v) is 4.58. The summed E-state index contributed by atoms with van der Waals surface area (Å²) in [4.78, 5) is 7.01. The van der Waals surface area contributed by atoms with E-state index in [2.05, 4.69) is 59.4 Å². The maximum absolute atomic E-state index is 5.82. The number of rotatable bonds is 6. The highest BCUT2D eigenvalue weighted by molar-refractivity contribution is 7.09. The predicted octanol–water partition coefficient (Wildman–Crippen LogP) is 4.47. The van der Waals surface area contributed by atoms with Crippen LogP contribution >= 0.6 is 22.9 Å². The lowest BCUT2D eigenvalue weighted by atomic mass is 10.2. The summed E-state index contributed by atoms with van der Waals surface area (Å²) in [5, 5.41) is 3.20. The van der Waals surface area contributed by atoms with Crippen LogP contribution in [0.4, 0.5) is 0 Å².